The number of ether oxygens (including phenoxy) is 3. The Kier molecular flexibility index (Phi) is 12.4. The fraction of sp³-hybridized carbons (Fsp3) is 0.240. The molecular formula is C50H47ClN4O7. The van der Waals surface area contributed by atoms with E-state index in [-0.39, 0.29) is 32.0 Å². The first kappa shape index (κ1) is 41.9. The molecule has 8 rings (SSSR count). The molecule has 62 heavy (non-hydrogen) atoms. The lowest BCUT2D eigenvalue weighted by molar-refractivity contribution is -0.142. The lowest BCUT2D eigenvalue weighted by Gasteiger charge is -2.38. The Morgan fingerprint density at radius 1 is 0.887 bits per heavy atom. The molecule has 0 aliphatic carbocycles. The van der Waals surface area contributed by atoms with Crippen LogP contribution >= 0.6 is 11.6 Å². The summed E-state index contributed by atoms with van der Waals surface area (Å²) < 4.78 is 18.7. The van der Waals surface area contributed by atoms with E-state index in [1.807, 2.05) is 142 Å². The minimum atomic E-state index is -1.24. The smallest absolute Gasteiger partial charge is 0.326 e. The van der Waals surface area contributed by atoms with E-state index in [4.69, 9.17) is 25.8 Å². The summed E-state index contributed by atoms with van der Waals surface area (Å²) in [5.41, 5.74) is 9.06. The molecule has 3 amide bonds. The molecule has 316 valence electrons. The van der Waals surface area contributed by atoms with Crippen molar-refractivity contribution >= 4 is 29.5 Å². The van der Waals surface area contributed by atoms with E-state index in [2.05, 4.69) is 15.6 Å². The second kappa shape index (κ2) is 18.4. The number of urea groups is 1. The third kappa shape index (κ3) is 9.38. The zero-order chi connectivity index (χ0) is 43.3. The second-order valence-corrected chi connectivity index (χ2v) is 16.1. The van der Waals surface area contributed by atoms with Crippen LogP contribution in [0.2, 0.25) is 5.02 Å². The highest BCUT2D eigenvalue weighted by atomic mass is 35.5. The van der Waals surface area contributed by atoms with Gasteiger partial charge >= 0.3 is 12.0 Å². The normalized spacial score (nSPS) is 16.4. The summed E-state index contributed by atoms with van der Waals surface area (Å²) >= 11 is 6.30. The first-order chi connectivity index (χ1) is 30.0. The number of carbonyl (C=O) groups excluding carboxylic acids is 2. The van der Waals surface area contributed by atoms with Crippen LogP contribution < -0.4 is 24.8 Å². The Labute approximate surface area is 365 Å². The standard InChI is InChI=1S/C50H47ClN4O7/c1-30-31(2)52-22-21-41(30)35-15-13-33(14-16-35)23-43(49(57)58)54-48(56)44-24-38-25-45-46(26-39(38)27-55(44)50(59)53-32(3)34-9-5-4-6-10-34)62-47(29-61-45)36-17-19-40(20-18-36)60-28-37-11-7-8-12-42(37)51/h4-22,25-26,32,43-44,47H,23-24,27-29H2,1-3H3,(H,53,59)(H,54,56)(H,57,58)/t32-,43+,44+,47-/m1/s1. The monoisotopic (exact) mass is 850 g/mol. The summed E-state index contributed by atoms with van der Waals surface area (Å²) in [6, 6.07) is 35.0. The predicted molar refractivity (Wildman–Crippen MR) is 236 cm³/mol. The molecule has 4 atom stereocenters. The van der Waals surface area contributed by atoms with Gasteiger partial charge in [0, 0.05) is 41.9 Å². The molecule has 12 heteroatoms. The second-order valence-electron chi connectivity index (χ2n) is 15.7. The van der Waals surface area contributed by atoms with Gasteiger partial charge in [-0.2, -0.15) is 0 Å². The highest BCUT2D eigenvalue weighted by Crippen LogP contribution is 2.41. The van der Waals surface area contributed by atoms with Gasteiger partial charge in [0.2, 0.25) is 5.91 Å². The third-order valence-electron chi connectivity index (χ3n) is 11.6. The minimum absolute atomic E-state index is 0.0500. The first-order valence-electron chi connectivity index (χ1n) is 20.6. The van der Waals surface area contributed by atoms with Crippen LogP contribution in [-0.2, 0) is 35.6 Å². The molecule has 0 unspecified atom stereocenters. The van der Waals surface area contributed by atoms with Gasteiger partial charge in [-0.05, 0) is 102 Å². The van der Waals surface area contributed by atoms with Crippen molar-refractivity contribution in [2.24, 2.45) is 0 Å². The quantitative estimate of drug-likeness (QED) is 0.111. The molecule has 0 fully saturated rings. The largest absolute Gasteiger partial charge is 0.489 e. The number of aryl methyl sites for hydroxylation is 1. The number of hydrogen-bond donors (Lipinski definition) is 3. The molecule has 2 aliphatic heterocycles. The predicted octanol–water partition coefficient (Wildman–Crippen LogP) is 9.12. The van der Waals surface area contributed by atoms with E-state index in [0.717, 1.165) is 55.8 Å². The maximum atomic E-state index is 14.3. The van der Waals surface area contributed by atoms with Crippen LogP contribution in [0.1, 0.15) is 63.7 Å². The number of carboxylic acids is 1. The van der Waals surface area contributed by atoms with Crippen LogP contribution in [0.25, 0.3) is 11.1 Å². The Hall–Kier alpha value is -6.85. The number of benzene rings is 5. The summed E-state index contributed by atoms with van der Waals surface area (Å²) in [5.74, 6) is -0.0147. The molecule has 0 spiro atoms. The van der Waals surface area contributed by atoms with E-state index < -0.39 is 36.1 Å². The highest BCUT2D eigenvalue weighted by molar-refractivity contribution is 6.31. The number of nitrogens with zero attached hydrogens (tertiary/aromatic N) is 2. The molecule has 0 bridgehead atoms. The van der Waals surface area contributed by atoms with Crippen LogP contribution in [0.15, 0.2) is 128 Å². The number of carboxylic acid groups (broad SMARTS) is 1. The number of amides is 3. The molecule has 0 saturated heterocycles. The molecule has 5 aromatic carbocycles. The van der Waals surface area contributed by atoms with E-state index >= 15 is 0 Å². The van der Waals surface area contributed by atoms with Crippen LogP contribution in [0.3, 0.4) is 0 Å². The molecule has 11 nitrogen and oxygen atoms in total. The van der Waals surface area contributed by atoms with Gasteiger partial charge in [-0.25, -0.2) is 9.59 Å². The van der Waals surface area contributed by atoms with Crippen molar-refractivity contribution < 1.29 is 33.7 Å². The molecule has 0 radical (unpaired) electrons. The number of fused-ring (bicyclic) bond motifs is 2. The summed E-state index contributed by atoms with van der Waals surface area (Å²) in [7, 11) is 0. The van der Waals surface area contributed by atoms with Crippen molar-refractivity contribution in [3.05, 3.63) is 177 Å². The maximum absolute atomic E-state index is 14.3. The molecule has 2 aliphatic rings. The number of carbonyl (C=O) groups is 3. The van der Waals surface area contributed by atoms with Crippen LogP contribution in [-0.4, -0.2) is 51.6 Å². The molecule has 3 heterocycles. The minimum Gasteiger partial charge on any atom is -0.489 e. The van der Waals surface area contributed by atoms with Gasteiger partial charge in [0.1, 0.15) is 31.0 Å². The van der Waals surface area contributed by atoms with Gasteiger partial charge in [0.05, 0.1) is 6.04 Å². The average molecular weight is 851 g/mol. The van der Waals surface area contributed by atoms with E-state index in [0.29, 0.717) is 28.9 Å². The van der Waals surface area contributed by atoms with Crippen molar-refractivity contribution in [2.45, 2.75) is 71.0 Å². The van der Waals surface area contributed by atoms with Crippen molar-refractivity contribution in [3.63, 3.8) is 0 Å². The Morgan fingerprint density at radius 3 is 2.35 bits per heavy atom. The van der Waals surface area contributed by atoms with Crippen molar-refractivity contribution in [2.75, 3.05) is 6.61 Å². The number of halogens is 1. The lowest BCUT2D eigenvalue weighted by Crippen LogP contribution is -2.57. The first-order valence-corrected chi connectivity index (χ1v) is 21.0. The van der Waals surface area contributed by atoms with Gasteiger partial charge in [-0.15, -0.1) is 0 Å². The summed E-state index contributed by atoms with van der Waals surface area (Å²) in [5, 5.41) is 16.8. The van der Waals surface area contributed by atoms with Crippen molar-refractivity contribution in [1.29, 1.82) is 0 Å². The molecule has 0 saturated carbocycles. The van der Waals surface area contributed by atoms with Crippen molar-refractivity contribution in [1.82, 2.24) is 20.5 Å². The third-order valence-corrected chi connectivity index (χ3v) is 12.0. The van der Waals surface area contributed by atoms with Crippen LogP contribution in [0.4, 0.5) is 4.79 Å². The fourth-order valence-electron chi connectivity index (χ4n) is 7.89. The Morgan fingerprint density at radius 2 is 1.61 bits per heavy atom. The molecule has 1 aromatic heterocycles. The number of aromatic nitrogens is 1. The van der Waals surface area contributed by atoms with E-state index in [9.17, 15) is 19.5 Å². The highest BCUT2D eigenvalue weighted by Gasteiger charge is 2.38. The van der Waals surface area contributed by atoms with Crippen LogP contribution in [0, 0.1) is 13.8 Å². The number of nitrogens with one attached hydrogen (secondary N) is 2. The number of rotatable bonds is 12. The van der Waals surface area contributed by atoms with Gasteiger partial charge < -0.3 is 34.9 Å². The Bertz CT molecular complexity index is 2590. The lowest BCUT2D eigenvalue weighted by atomic mass is 9.92. The zero-order valence-electron chi connectivity index (χ0n) is 34.6. The molecule has 3 N–H and O–H groups in total. The van der Waals surface area contributed by atoms with Crippen LogP contribution in [0.5, 0.6) is 17.2 Å². The SMILES string of the molecule is Cc1nccc(-c2ccc(C[C@H](NC(=O)[C@@H]3Cc4cc5c(cc4CN3C(=O)N[C@H](C)c3ccccc3)O[C@@H](c3ccc(OCc4ccccc4Cl)cc3)CO5)C(=O)O)cc2)c1C. The van der Waals surface area contributed by atoms with Gasteiger partial charge in [-0.1, -0.05) is 96.5 Å². The van der Waals surface area contributed by atoms with Gasteiger partial charge in [-0.3, -0.25) is 9.78 Å². The molecule has 6 aromatic rings. The van der Waals surface area contributed by atoms with Gasteiger partial charge in [0.25, 0.3) is 0 Å². The number of aliphatic carboxylic acids is 1. The van der Waals surface area contributed by atoms with Gasteiger partial charge in [0.15, 0.2) is 17.6 Å². The van der Waals surface area contributed by atoms with E-state index in [1.165, 1.54) is 4.90 Å². The summed E-state index contributed by atoms with van der Waals surface area (Å²) in [4.78, 5) is 46.9. The summed E-state index contributed by atoms with van der Waals surface area (Å²) in [6.07, 6.45) is 1.55. The zero-order valence-corrected chi connectivity index (χ0v) is 35.4. The Balaban J connectivity index is 0.992. The number of pyridine rings is 1. The van der Waals surface area contributed by atoms with Crippen molar-refractivity contribution in [3.8, 4) is 28.4 Å². The maximum Gasteiger partial charge on any atom is 0.326 e. The summed E-state index contributed by atoms with van der Waals surface area (Å²) in [6.45, 7) is 6.53. The number of hydrogen-bond acceptors (Lipinski definition) is 7. The van der Waals surface area contributed by atoms with E-state index in [1.54, 1.807) is 6.20 Å². The average Bonchev–Trinajstić information content (AvgIpc) is 3.28. The molecular weight excluding hydrogens is 804 g/mol. The fourth-order valence-corrected chi connectivity index (χ4v) is 8.08. The topological polar surface area (TPSA) is 139 Å².